The van der Waals surface area contributed by atoms with Gasteiger partial charge in [0.15, 0.2) is 0 Å². The van der Waals surface area contributed by atoms with Crippen LogP contribution in [0.1, 0.15) is 0 Å². The predicted molar refractivity (Wildman–Crippen MR) is 74.3 cm³/mol. The van der Waals surface area contributed by atoms with Gasteiger partial charge >= 0.3 is 103 Å². The van der Waals surface area contributed by atoms with Crippen LogP contribution >= 0.6 is 0 Å². The molecule has 0 fully saturated rings. The summed E-state index contributed by atoms with van der Waals surface area (Å²) in [7, 11) is -13.5. The van der Waals surface area contributed by atoms with Gasteiger partial charge in [0, 0.05) is 0 Å². The van der Waals surface area contributed by atoms with E-state index in [0.29, 0.717) is 0 Å². The van der Waals surface area contributed by atoms with Crippen molar-refractivity contribution in [3.63, 3.8) is 0 Å². The van der Waals surface area contributed by atoms with Crippen molar-refractivity contribution in [2.75, 3.05) is 0 Å². The summed E-state index contributed by atoms with van der Waals surface area (Å²) in [5.41, 5.74) is 0. The Morgan fingerprint density at radius 2 is 0.680 bits per heavy atom. The summed E-state index contributed by atoms with van der Waals surface area (Å²) in [6.07, 6.45) is 0. The van der Waals surface area contributed by atoms with Crippen molar-refractivity contribution >= 4 is 30.1 Å². The number of sulfone groups is 1. The van der Waals surface area contributed by atoms with Crippen molar-refractivity contribution in [3.8, 4) is 0 Å². The van der Waals surface area contributed by atoms with E-state index >= 15 is 0 Å². The van der Waals surface area contributed by atoms with Crippen molar-refractivity contribution in [2.45, 2.75) is 19.6 Å². The zero-order valence-corrected chi connectivity index (χ0v) is 21.8. The SMILES string of the molecule is O=S(=O)([O-])c1ccc(S(=O)(=O)c2ccc(S(=O)(=O)[O-])cc2)cc1.[K+].[K+]. The van der Waals surface area contributed by atoms with Gasteiger partial charge in [0.25, 0.3) is 0 Å². The number of rotatable bonds is 4. The molecule has 0 spiro atoms. The first-order chi connectivity index (χ1) is 10.4. The van der Waals surface area contributed by atoms with Crippen LogP contribution < -0.4 is 103 Å². The van der Waals surface area contributed by atoms with E-state index in [1.807, 2.05) is 0 Å². The van der Waals surface area contributed by atoms with E-state index in [1.165, 1.54) is 0 Å². The number of hydrogen-bond acceptors (Lipinski definition) is 8. The van der Waals surface area contributed by atoms with E-state index in [-0.39, 0.29) is 113 Å². The molecule has 2 aromatic rings. The normalized spacial score (nSPS) is 11.9. The predicted octanol–water partition coefficient (Wildman–Crippen LogP) is -5.66. The average molecular weight is 455 g/mol. The van der Waals surface area contributed by atoms with Gasteiger partial charge in [-0.1, -0.05) is 0 Å². The van der Waals surface area contributed by atoms with Crippen molar-refractivity contribution in [3.05, 3.63) is 48.5 Å². The summed E-state index contributed by atoms with van der Waals surface area (Å²) in [6.45, 7) is 0. The minimum absolute atomic E-state index is 0. The Bertz CT molecular complexity index is 961. The quantitative estimate of drug-likeness (QED) is 0.328. The Hall–Kier alpha value is 1.48. The Labute approximate surface area is 230 Å². The van der Waals surface area contributed by atoms with Gasteiger partial charge in [-0.25, -0.2) is 25.3 Å². The monoisotopic (exact) mass is 454 g/mol. The summed E-state index contributed by atoms with van der Waals surface area (Å²) >= 11 is 0. The van der Waals surface area contributed by atoms with Crippen molar-refractivity contribution in [2.24, 2.45) is 0 Å². The number of benzene rings is 2. The maximum atomic E-state index is 12.3. The van der Waals surface area contributed by atoms with Crippen LogP contribution in [0.15, 0.2) is 68.1 Å². The standard InChI is InChI=1S/C12H10O8S3.2K/c13-21(14,9-1-5-11(6-2-9)22(15,16)17)10-3-7-12(8-4-10)23(18,19)20;;/h1-8H,(H,15,16,17)(H,18,19,20);;/q;2*+1/p-2. The fraction of sp³-hybridized carbons (Fsp3) is 0. The molecule has 0 amide bonds. The van der Waals surface area contributed by atoms with Crippen LogP contribution in [0.25, 0.3) is 0 Å². The Morgan fingerprint density at radius 3 is 0.880 bits per heavy atom. The fourth-order valence-corrected chi connectivity index (χ4v) is 3.91. The van der Waals surface area contributed by atoms with E-state index in [2.05, 4.69) is 0 Å². The van der Waals surface area contributed by atoms with Crippen molar-refractivity contribution < 1.29 is 137 Å². The molecule has 0 aliphatic rings. The van der Waals surface area contributed by atoms with E-state index in [4.69, 9.17) is 0 Å². The van der Waals surface area contributed by atoms with E-state index in [9.17, 15) is 34.4 Å². The molecular formula is C12H8K2O8S3. The maximum Gasteiger partial charge on any atom is 1.00 e. The van der Waals surface area contributed by atoms with Gasteiger partial charge in [-0.2, -0.15) is 0 Å². The van der Waals surface area contributed by atoms with Gasteiger partial charge < -0.3 is 9.11 Å². The molecule has 124 valence electrons. The van der Waals surface area contributed by atoms with Gasteiger partial charge in [-0.3, -0.25) is 0 Å². The van der Waals surface area contributed by atoms with E-state index in [1.54, 1.807) is 0 Å². The molecule has 2 aromatic carbocycles. The Balaban J connectivity index is 0.00000288. The summed E-state index contributed by atoms with van der Waals surface area (Å²) in [6, 6.07) is 7.18. The minimum Gasteiger partial charge on any atom is -0.744 e. The van der Waals surface area contributed by atoms with E-state index < -0.39 is 39.9 Å². The fourth-order valence-electron chi connectivity index (χ4n) is 1.71. The summed E-state index contributed by atoms with van der Waals surface area (Å²) in [5, 5.41) is 0. The molecule has 0 bridgehead atoms. The second-order valence-corrected chi connectivity index (χ2v) is 9.06. The molecule has 0 aliphatic carbocycles. The summed E-state index contributed by atoms with van der Waals surface area (Å²) in [4.78, 5) is -1.74. The van der Waals surface area contributed by atoms with Crippen LogP contribution in [0, 0.1) is 0 Å². The third-order valence-electron chi connectivity index (χ3n) is 2.85. The van der Waals surface area contributed by atoms with Crippen LogP contribution in [-0.4, -0.2) is 34.4 Å². The molecule has 0 radical (unpaired) electrons. The van der Waals surface area contributed by atoms with Gasteiger partial charge in [-0.05, 0) is 48.5 Å². The van der Waals surface area contributed by atoms with Gasteiger partial charge in [0.2, 0.25) is 9.84 Å². The second kappa shape index (κ2) is 9.80. The Morgan fingerprint density at radius 1 is 0.480 bits per heavy atom. The second-order valence-electron chi connectivity index (χ2n) is 4.35. The molecule has 0 heterocycles. The maximum absolute atomic E-state index is 12.3. The largest absolute Gasteiger partial charge is 1.00 e. The zero-order valence-electron chi connectivity index (χ0n) is 13.1. The topological polar surface area (TPSA) is 149 Å². The summed E-state index contributed by atoms with van der Waals surface area (Å²) < 4.78 is 89.4. The molecule has 0 N–H and O–H groups in total. The van der Waals surface area contributed by atoms with Gasteiger partial charge in [-0.15, -0.1) is 0 Å². The van der Waals surface area contributed by atoms with E-state index in [0.717, 1.165) is 48.5 Å². The molecule has 0 atom stereocenters. The van der Waals surface area contributed by atoms with Crippen LogP contribution in [-0.2, 0) is 30.1 Å². The van der Waals surface area contributed by atoms with Crippen molar-refractivity contribution in [1.29, 1.82) is 0 Å². The molecule has 2 rings (SSSR count). The molecule has 8 nitrogen and oxygen atoms in total. The van der Waals surface area contributed by atoms with Gasteiger partial charge in [0.1, 0.15) is 20.2 Å². The van der Waals surface area contributed by atoms with Crippen LogP contribution in [0.5, 0.6) is 0 Å². The minimum atomic E-state index is -4.70. The molecule has 0 aliphatic heterocycles. The first kappa shape index (κ1) is 26.5. The molecular weight excluding hydrogens is 447 g/mol. The Kier molecular flexibility index (Phi) is 10.4. The third-order valence-corrected chi connectivity index (χ3v) is 6.33. The zero-order chi connectivity index (χ0) is 17.5. The van der Waals surface area contributed by atoms with Gasteiger partial charge in [0.05, 0.1) is 19.6 Å². The first-order valence-electron chi connectivity index (χ1n) is 5.79. The van der Waals surface area contributed by atoms with Crippen LogP contribution in [0.2, 0.25) is 0 Å². The molecule has 0 saturated heterocycles. The first-order valence-corrected chi connectivity index (χ1v) is 10.1. The third kappa shape index (κ3) is 6.79. The summed E-state index contributed by atoms with van der Waals surface area (Å²) in [5.74, 6) is 0. The molecule has 13 heteroatoms. The molecule has 0 aromatic heterocycles. The molecule has 0 saturated carbocycles. The molecule has 25 heavy (non-hydrogen) atoms. The smallest absolute Gasteiger partial charge is 0.744 e. The average Bonchev–Trinajstić information content (AvgIpc) is 2.46. The molecule has 0 unspecified atom stereocenters. The number of hydrogen-bond donors (Lipinski definition) is 0. The van der Waals surface area contributed by atoms with Crippen molar-refractivity contribution in [1.82, 2.24) is 0 Å². The van der Waals surface area contributed by atoms with Crippen LogP contribution in [0.3, 0.4) is 0 Å². The van der Waals surface area contributed by atoms with Crippen LogP contribution in [0.4, 0.5) is 0 Å².